The molecular formula is C16H17F2NO3. The van der Waals surface area contributed by atoms with Crippen molar-refractivity contribution in [2.75, 3.05) is 6.54 Å². The summed E-state index contributed by atoms with van der Waals surface area (Å²) in [6, 6.07) is 2.91. The summed E-state index contributed by atoms with van der Waals surface area (Å²) in [4.78, 5) is 25.2. The summed E-state index contributed by atoms with van der Waals surface area (Å²) in [5.41, 5.74) is 0.598. The summed E-state index contributed by atoms with van der Waals surface area (Å²) in [6.45, 7) is 0.455. The highest BCUT2D eigenvalue weighted by atomic mass is 19.2. The van der Waals surface area contributed by atoms with Crippen molar-refractivity contribution in [3.05, 3.63) is 35.4 Å². The number of likely N-dealkylation sites (tertiary alicyclic amines) is 1. The second-order valence-electron chi connectivity index (χ2n) is 6.00. The highest BCUT2D eigenvalue weighted by Crippen LogP contribution is 2.49. The van der Waals surface area contributed by atoms with Gasteiger partial charge in [0.15, 0.2) is 11.6 Å². The van der Waals surface area contributed by atoms with Crippen molar-refractivity contribution in [3.63, 3.8) is 0 Å². The molecule has 1 aromatic rings. The summed E-state index contributed by atoms with van der Waals surface area (Å²) in [7, 11) is 0. The molecule has 0 unspecified atom stereocenters. The zero-order valence-corrected chi connectivity index (χ0v) is 12.0. The molecule has 1 aliphatic heterocycles. The minimum absolute atomic E-state index is 0.140. The van der Waals surface area contributed by atoms with Crippen molar-refractivity contribution in [1.29, 1.82) is 0 Å². The first kappa shape index (κ1) is 14.9. The van der Waals surface area contributed by atoms with E-state index in [0.717, 1.165) is 25.0 Å². The molecule has 0 radical (unpaired) electrons. The van der Waals surface area contributed by atoms with Crippen LogP contribution in [-0.2, 0) is 9.59 Å². The molecule has 3 rings (SSSR count). The van der Waals surface area contributed by atoms with Gasteiger partial charge in [-0.3, -0.25) is 4.79 Å². The summed E-state index contributed by atoms with van der Waals surface area (Å²) in [6.07, 6.45) is 2.65. The van der Waals surface area contributed by atoms with Crippen LogP contribution in [0.3, 0.4) is 0 Å². The Labute approximate surface area is 126 Å². The number of piperidine rings is 1. The van der Waals surface area contributed by atoms with Crippen LogP contribution in [0.15, 0.2) is 18.2 Å². The van der Waals surface area contributed by atoms with Crippen LogP contribution in [0.4, 0.5) is 8.78 Å². The monoisotopic (exact) mass is 309 g/mol. The van der Waals surface area contributed by atoms with Crippen LogP contribution in [0.25, 0.3) is 0 Å². The van der Waals surface area contributed by atoms with Crippen molar-refractivity contribution in [2.24, 2.45) is 5.92 Å². The van der Waals surface area contributed by atoms with E-state index in [1.165, 1.54) is 11.0 Å². The summed E-state index contributed by atoms with van der Waals surface area (Å²) >= 11 is 0. The lowest BCUT2D eigenvalue weighted by molar-refractivity contribution is -0.152. The number of nitrogens with zero attached hydrogens (tertiary/aromatic N) is 1. The molecule has 118 valence electrons. The summed E-state index contributed by atoms with van der Waals surface area (Å²) in [5.74, 6) is -3.44. The van der Waals surface area contributed by atoms with Gasteiger partial charge >= 0.3 is 5.97 Å². The first-order chi connectivity index (χ1) is 10.5. The van der Waals surface area contributed by atoms with E-state index in [1.807, 2.05) is 0 Å². The highest BCUT2D eigenvalue weighted by Gasteiger charge is 2.48. The van der Waals surface area contributed by atoms with Gasteiger partial charge in [-0.15, -0.1) is 0 Å². The van der Waals surface area contributed by atoms with Crippen molar-refractivity contribution in [3.8, 4) is 0 Å². The highest BCUT2D eigenvalue weighted by molar-refractivity contribution is 5.87. The molecule has 1 aliphatic carbocycles. The minimum atomic E-state index is -0.974. The van der Waals surface area contributed by atoms with Gasteiger partial charge in [0.1, 0.15) is 6.04 Å². The fraction of sp³-hybridized carbons (Fsp3) is 0.500. The molecule has 0 spiro atoms. The lowest BCUT2D eigenvalue weighted by atomic mass is 10.0. The Balaban J connectivity index is 1.71. The molecule has 0 aromatic heterocycles. The fourth-order valence-electron chi connectivity index (χ4n) is 3.24. The van der Waals surface area contributed by atoms with Crippen molar-refractivity contribution < 1.29 is 23.5 Å². The number of carboxylic acids is 1. The number of hydrogen-bond acceptors (Lipinski definition) is 2. The molecule has 1 amide bonds. The Morgan fingerprint density at radius 1 is 1.18 bits per heavy atom. The van der Waals surface area contributed by atoms with Gasteiger partial charge < -0.3 is 10.0 Å². The third-order valence-corrected chi connectivity index (χ3v) is 4.55. The summed E-state index contributed by atoms with van der Waals surface area (Å²) < 4.78 is 26.2. The molecule has 4 nitrogen and oxygen atoms in total. The molecule has 1 N–H and O–H groups in total. The molecule has 1 aromatic carbocycles. The largest absolute Gasteiger partial charge is 0.480 e. The van der Waals surface area contributed by atoms with E-state index in [9.17, 15) is 23.5 Å². The third-order valence-electron chi connectivity index (χ3n) is 4.55. The average Bonchev–Trinajstić information content (AvgIpc) is 3.30. The number of amides is 1. The van der Waals surface area contributed by atoms with Crippen LogP contribution in [-0.4, -0.2) is 34.5 Å². The summed E-state index contributed by atoms with van der Waals surface area (Å²) in [5, 5.41) is 9.22. The van der Waals surface area contributed by atoms with Crippen LogP contribution in [0.5, 0.6) is 0 Å². The van der Waals surface area contributed by atoms with Crippen LogP contribution < -0.4 is 0 Å². The zero-order valence-electron chi connectivity index (χ0n) is 12.0. The average molecular weight is 309 g/mol. The standard InChI is InChI=1S/C16H17F2NO3/c17-12-5-4-9(7-13(12)18)10-8-11(10)15(20)19-6-2-1-3-14(19)16(21)22/h4-5,7,10-11,14H,1-3,6,8H2,(H,21,22)/t10-,11+,14+/m0/s1. The molecule has 1 saturated carbocycles. The maximum absolute atomic E-state index is 13.3. The van der Waals surface area contributed by atoms with Crippen LogP contribution in [0, 0.1) is 17.6 Å². The van der Waals surface area contributed by atoms with E-state index < -0.39 is 23.6 Å². The smallest absolute Gasteiger partial charge is 0.326 e. The maximum Gasteiger partial charge on any atom is 0.326 e. The predicted octanol–water partition coefficient (Wildman–Crippen LogP) is 2.53. The number of carbonyl (C=O) groups is 2. The van der Waals surface area contributed by atoms with Crippen molar-refractivity contribution in [2.45, 2.75) is 37.6 Å². The van der Waals surface area contributed by atoms with Gasteiger partial charge in [-0.1, -0.05) is 6.07 Å². The number of carbonyl (C=O) groups excluding carboxylic acids is 1. The Hall–Kier alpha value is -1.98. The SMILES string of the molecule is O=C(O)[C@H]1CCCCN1C(=O)[C@@H]1C[C@H]1c1ccc(F)c(F)c1. The maximum atomic E-state index is 13.3. The number of carboxylic acid groups (broad SMARTS) is 1. The van der Waals surface area contributed by atoms with Gasteiger partial charge in [-0.05, 0) is 49.3 Å². The number of aliphatic carboxylic acids is 1. The van der Waals surface area contributed by atoms with Crippen LogP contribution >= 0.6 is 0 Å². The minimum Gasteiger partial charge on any atom is -0.480 e. The number of benzene rings is 1. The molecule has 1 saturated heterocycles. The van der Waals surface area contributed by atoms with Crippen LogP contribution in [0.1, 0.15) is 37.2 Å². The topological polar surface area (TPSA) is 57.6 Å². The Morgan fingerprint density at radius 2 is 1.95 bits per heavy atom. The van der Waals surface area contributed by atoms with E-state index in [4.69, 9.17) is 0 Å². The van der Waals surface area contributed by atoms with Gasteiger partial charge in [0, 0.05) is 12.5 Å². The van der Waals surface area contributed by atoms with E-state index >= 15 is 0 Å². The Morgan fingerprint density at radius 3 is 2.64 bits per heavy atom. The van der Waals surface area contributed by atoms with E-state index in [0.29, 0.717) is 24.9 Å². The van der Waals surface area contributed by atoms with E-state index in [2.05, 4.69) is 0 Å². The number of hydrogen-bond donors (Lipinski definition) is 1. The third kappa shape index (κ3) is 2.69. The predicted molar refractivity (Wildman–Crippen MR) is 74.2 cm³/mol. The van der Waals surface area contributed by atoms with Gasteiger partial charge in [0.2, 0.25) is 5.91 Å². The molecule has 3 atom stereocenters. The molecule has 0 bridgehead atoms. The molecule has 2 aliphatic rings. The lowest BCUT2D eigenvalue weighted by Gasteiger charge is -2.33. The van der Waals surface area contributed by atoms with E-state index in [-0.39, 0.29) is 17.7 Å². The number of rotatable bonds is 3. The lowest BCUT2D eigenvalue weighted by Crippen LogP contribution is -2.48. The van der Waals surface area contributed by atoms with Crippen LogP contribution in [0.2, 0.25) is 0 Å². The Bertz CT molecular complexity index is 619. The molecule has 2 fully saturated rings. The zero-order chi connectivity index (χ0) is 15.9. The van der Waals surface area contributed by atoms with Gasteiger partial charge in [-0.25, -0.2) is 13.6 Å². The first-order valence-corrected chi connectivity index (χ1v) is 7.47. The van der Waals surface area contributed by atoms with Crippen molar-refractivity contribution in [1.82, 2.24) is 4.90 Å². The van der Waals surface area contributed by atoms with E-state index in [1.54, 1.807) is 0 Å². The second-order valence-corrected chi connectivity index (χ2v) is 6.00. The molecule has 22 heavy (non-hydrogen) atoms. The normalized spacial score (nSPS) is 27.5. The molecule has 6 heteroatoms. The molecule has 1 heterocycles. The number of halogens is 2. The fourth-order valence-corrected chi connectivity index (χ4v) is 3.24. The molecular weight excluding hydrogens is 292 g/mol. The van der Waals surface area contributed by atoms with Crippen molar-refractivity contribution >= 4 is 11.9 Å². The van der Waals surface area contributed by atoms with Gasteiger partial charge in [-0.2, -0.15) is 0 Å². The first-order valence-electron chi connectivity index (χ1n) is 7.47. The second kappa shape index (κ2) is 5.66. The Kier molecular flexibility index (Phi) is 3.85. The quantitative estimate of drug-likeness (QED) is 0.933. The van der Waals surface area contributed by atoms with Gasteiger partial charge in [0.25, 0.3) is 0 Å². The van der Waals surface area contributed by atoms with Gasteiger partial charge in [0.05, 0.1) is 0 Å².